The van der Waals surface area contributed by atoms with Crippen molar-refractivity contribution in [2.24, 2.45) is 0 Å². The molecule has 0 unspecified atom stereocenters. The van der Waals surface area contributed by atoms with Gasteiger partial charge >= 0.3 is 0 Å². The van der Waals surface area contributed by atoms with E-state index in [0.29, 0.717) is 0 Å². The minimum Gasteiger partial charge on any atom is -0.337 e. The molecule has 0 spiro atoms. The third kappa shape index (κ3) is 3.50. The van der Waals surface area contributed by atoms with Gasteiger partial charge in [0.25, 0.3) is 0 Å². The van der Waals surface area contributed by atoms with Gasteiger partial charge in [0.2, 0.25) is 0 Å². The second-order valence-electron chi connectivity index (χ2n) is 4.13. The number of nitrogens with one attached hydrogen (secondary N) is 1. The summed E-state index contributed by atoms with van der Waals surface area (Å²) in [4.78, 5) is 1.71. The average Bonchev–Trinajstić information content (AvgIpc) is 2.32. The Labute approximate surface area is 91.6 Å². The summed E-state index contributed by atoms with van der Waals surface area (Å²) in [6, 6.07) is 10.5. The number of piperazine rings is 1. The van der Waals surface area contributed by atoms with Gasteiger partial charge in [-0.05, 0) is 11.6 Å². The zero-order valence-electron chi connectivity index (χ0n) is 9.15. The van der Waals surface area contributed by atoms with Gasteiger partial charge in [-0.2, -0.15) is 0 Å². The Balaban J connectivity index is 1.79. The number of hydrogen-bond acceptors (Lipinski definition) is 0. The van der Waals surface area contributed by atoms with Gasteiger partial charge in [-0.1, -0.05) is 36.4 Å². The Morgan fingerprint density at radius 3 is 2.60 bits per heavy atom. The third-order valence-electron chi connectivity index (χ3n) is 2.92. The normalized spacial score (nSPS) is 18.4. The summed E-state index contributed by atoms with van der Waals surface area (Å²) in [5, 5.41) is 2.41. The van der Waals surface area contributed by atoms with Crippen LogP contribution in [0.15, 0.2) is 36.4 Å². The van der Waals surface area contributed by atoms with Crippen molar-refractivity contribution in [1.82, 2.24) is 0 Å². The fourth-order valence-electron chi connectivity index (χ4n) is 2.01. The van der Waals surface area contributed by atoms with Crippen LogP contribution in [0.5, 0.6) is 0 Å². The van der Waals surface area contributed by atoms with E-state index in [9.17, 15) is 0 Å². The molecule has 0 saturated carbocycles. The number of benzene rings is 1. The monoisotopic (exact) mass is 204 g/mol. The molecule has 2 heteroatoms. The maximum absolute atomic E-state index is 2.41. The molecule has 1 aliphatic heterocycles. The van der Waals surface area contributed by atoms with E-state index in [4.69, 9.17) is 0 Å². The number of quaternary nitrogens is 2. The lowest BCUT2D eigenvalue weighted by Gasteiger charge is -2.20. The molecule has 0 radical (unpaired) electrons. The van der Waals surface area contributed by atoms with Gasteiger partial charge in [-0.25, -0.2) is 0 Å². The lowest BCUT2D eigenvalue weighted by molar-refractivity contribution is -0.942. The number of hydrogen-bond donors (Lipinski definition) is 2. The fraction of sp³-hybridized carbons (Fsp3) is 0.385. The topological polar surface area (TPSA) is 21.1 Å². The second kappa shape index (κ2) is 5.69. The molecule has 2 nitrogen and oxygen atoms in total. The van der Waals surface area contributed by atoms with Gasteiger partial charge in [-0.3, -0.25) is 0 Å². The molecule has 3 N–H and O–H groups in total. The van der Waals surface area contributed by atoms with Crippen molar-refractivity contribution >= 4 is 6.08 Å². The number of rotatable bonds is 3. The Morgan fingerprint density at radius 2 is 1.87 bits per heavy atom. The molecular weight excluding hydrogens is 184 g/mol. The highest BCUT2D eigenvalue weighted by molar-refractivity contribution is 5.48. The summed E-state index contributed by atoms with van der Waals surface area (Å²) in [5.41, 5.74) is 1.31. The lowest BCUT2D eigenvalue weighted by atomic mass is 10.2. The molecule has 1 saturated heterocycles. The van der Waals surface area contributed by atoms with Gasteiger partial charge < -0.3 is 10.2 Å². The Bertz CT molecular complexity index is 300. The van der Waals surface area contributed by atoms with E-state index >= 15 is 0 Å². The van der Waals surface area contributed by atoms with Crippen LogP contribution in [0.25, 0.3) is 6.08 Å². The summed E-state index contributed by atoms with van der Waals surface area (Å²) in [6.07, 6.45) is 4.53. The predicted octanol–water partition coefficient (Wildman–Crippen LogP) is -0.838. The molecule has 80 valence electrons. The van der Waals surface area contributed by atoms with Crippen LogP contribution in [0.4, 0.5) is 0 Å². The summed E-state index contributed by atoms with van der Waals surface area (Å²) in [5.74, 6) is 0. The Hall–Kier alpha value is -1.12. The first kappa shape index (κ1) is 10.4. The highest BCUT2D eigenvalue weighted by Gasteiger charge is 2.12. The molecule has 1 aliphatic rings. The standard InChI is InChI=1S/C13H18N2/c1-2-5-13(6-3-1)7-4-10-15-11-8-14-9-12-15/h1-7,14H,8-12H2/p+2. The summed E-state index contributed by atoms with van der Waals surface area (Å²) in [7, 11) is 0. The average molecular weight is 204 g/mol. The fourth-order valence-corrected chi connectivity index (χ4v) is 2.01. The van der Waals surface area contributed by atoms with Gasteiger partial charge in [-0.15, -0.1) is 0 Å². The van der Waals surface area contributed by atoms with E-state index in [1.807, 2.05) is 0 Å². The highest BCUT2D eigenvalue weighted by atomic mass is 15.2. The van der Waals surface area contributed by atoms with E-state index in [-0.39, 0.29) is 0 Å². The first-order valence-corrected chi connectivity index (χ1v) is 5.82. The maximum Gasteiger partial charge on any atom is 0.127 e. The van der Waals surface area contributed by atoms with E-state index in [1.165, 1.54) is 38.3 Å². The molecule has 0 amide bonds. The minimum atomic E-state index is 1.17. The molecule has 0 atom stereocenters. The molecule has 1 fully saturated rings. The summed E-state index contributed by atoms with van der Waals surface area (Å²) in [6.45, 7) is 6.35. The van der Waals surface area contributed by atoms with E-state index in [1.54, 1.807) is 4.90 Å². The van der Waals surface area contributed by atoms with Crippen LogP contribution in [-0.2, 0) is 0 Å². The Morgan fingerprint density at radius 1 is 1.13 bits per heavy atom. The third-order valence-corrected chi connectivity index (χ3v) is 2.92. The van der Waals surface area contributed by atoms with Crippen LogP contribution in [0.3, 0.4) is 0 Å². The molecule has 1 heterocycles. The lowest BCUT2D eigenvalue weighted by Crippen LogP contribution is -3.20. The van der Waals surface area contributed by atoms with Crippen LogP contribution >= 0.6 is 0 Å². The maximum atomic E-state index is 2.41. The van der Waals surface area contributed by atoms with Crippen molar-refractivity contribution < 1.29 is 10.2 Å². The van der Waals surface area contributed by atoms with Gasteiger partial charge in [0, 0.05) is 0 Å². The van der Waals surface area contributed by atoms with E-state index in [0.717, 1.165) is 0 Å². The van der Waals surface area contributed by atoms with Crippen LogP contribution < -0.4 is 10.2 Å². The second-order valence-corrected chi connectivity index (χ2v) is 4.13. The zero-order valence-corrected chi connectivity index (χ0v) is 9.15. The molecule has 0 aliphatic carbocycles. The van der Waals surface area contributed by atoms with Crippen LogP contribution in [0.1, 0.15) is 5.56 Å². The van der Waals surface area contributed by atoms with Crippen molar-refractivity contribution in [3.8, 4) is 0 Å². The van der Waals surface area contributed by atoms with E-state index in [2.05, 4.69) is 47.8 Å². The molecule has 1 aromatic rings. The van der Waals surface area contributed by atoms with Crippen LogP contribution in [0, 0.1) is 0 Å². The molecule has 1 aromatic carbocycles. The summed E-state index contributed by atoms with van der Waals surface area (Å²) >= 11 is 0. The van der Waals surface area contributed by atoms with E-state index < -0.39 is 0 Å². The van der Waals surface area contributed by atoms with Crippen molar-refractivity contribution in [3.05, 3.63) is 42.0 Å². The zero-order chi connectivity index (χ0) is 10.3. The van der Waals surface area contributed by atoms with Crippen molar-refractivity contribution in [1.29, 1.82) is 0 Å². The first-order valence-electron chi connectivity index (χ1n) is 5.82. The van der Waals surface area contributed by atoms with Crippen molar-refractivity contribution in [2.75, 3.05) is 32.7 Å². The van der Waals surface area contributed by atoms with Gasteiger partial charge in [0.1, 0.15) is 26.2 Å². The quantitative estimate of drug-likeness (QED) is 0.641. The smallest absolute Gasteiger partial charge is 0.127 e. The number of nitrogens with two attached hydrogens (primary N) is 1. The summed E-state index contributed by atoms with van der Waals surface area (Å²) < 4.78 is 0. The Kier molecular flexibility index (Phi) is 3.94. The molecule has 0 aromatic heterocycles. The molecule has 2 rings (SSSR count). The predicted molar refractivity (Wildman–Crippen MR) is 62.7 cm³/mol. The SMILES string of the molecule is C(=Cc1ccccc1)C[NH+]1CC[NH2+]CC1. The molecular formula is C13H20N2+2. The van der Waals surface area contributed by atoms with Crippen molar-refractivity contribution in [2.45, 2.75) is 0 Å². The van der Waals surface area contributed by atoms with Gasteiger partial charge in [0.05, 0.1) is 6.54 Å². The minimum absolute atomic E-state index is 1.17. The molecule has 0 bridgehead atoms. The van der Waals surface area contributed by atoms with Gasteiger partial charge in [0.15, 0.2) is 0 Å². The largest absolute Gasteiger partial charge is 0.337 e. The van der Waals surface area contributed by atoms with Crippen molar-refractivity contribution in [3.63, 3.8) is 0 Å². The first-order chi connectivity index (χ1) is 7.45. The highest BCUT2D eigenvalue weighted by Crippen LogP contribution is 1.99. The van der Waals surface area contributed by atoms with Crippen LogP contribution in [0.2, 0.25) is 0 Å². The molecule has 15 heavy (non-hydrogen) atoms. The van der Waals surface area contributed by atoms with Crippen LogP contribution in [-0.4, -0.2) is 32.7 Å².